The minimum Gasteiger partial charge on any atom is -0.234 e. The van der Waals surface area contributed by atoms with Crippen molar-refractivity contribution in [2.45, 2.75) is 37.6 Å². The van der Waals surface area contributed by atoms with E-state index in [1.807, 2.05) is 18.2 Å². The van der Waals surface area contributed by atoms with E-state index in [4.69, 9.17) is 5.32 Å². The van der Waals surface area contributed by atoms with Crippen LogP contribution in [-0.2, 0) is 0 Å². The van der Waals surface area contributed by atoms with Gasteiger partial charge in [-0.1, -0.05) is 18.2 Å². The Morgan fingerprint density at radius 2 is 1.80 bits per heavy atom. The molecular formula is C14H22N. The Kier molecular flexibility index (Phi) is 4.83. The van der Waals surface area contributed by atoms with E-state index in [-0.39, 0.29) is 5.54 Å². The molecule has 1 aliphatic heterocycles. The fraction of sp³-hybridized carbons (Fsp3) is 0.571. The minimum atomic E-state index is 0.0654. The van der Waals surface area contributed by atoms with Crippen LogP contribution >= 0.6 is 0 Å². The molecule has 1 unspecified atom stereocenters. The highest BCUT2D eigenvalue weighted by Crippen LogP contribution is 2.36. The quantitative estimate of drug-likeness (QED) is 0.588. The largest absolute Gasteiger partial charge is 0.234 e. The van der Waals surface area contributed by atoms with Crippen molar-refractivity contribution in [2.75, 3.05) is 6.54 Å². The first-order valence-corrected chi connectivity index (χ1v) is 5.80. The molecule has 0 N–H and O–H groups in total. The van der Waals surface area contributed by atoms with Gasteiger partial charge in [0.2, 0.25) is 0 Å². The number of hydrogen-bond acceptors (Lipinski definition) is 0. The number of allylic oxidation sites excluding steroid dienone is 1. The van der Waals surface area contributed by atoms with Gasteiger partial charge in [-0.25, -0.2) is 5.32 Å². The van der Waals surface area contributed by atoms with Crippen molar-refractivity contribution < 1.29 is 0 Å². The number of piperidine rings is 1. The van der Waals surface area contributed by atoms with Crippen LogP contribution in [0.4, 0.5) is 0 Å². The summed E-state index contributed by atoms with van der Waals surface area (Å²) in [5, 5.41) is 4.85. The molecule has 1 saturated heterocycles. The summed E-state index contributed by atoms with van der Waals surface area (Å²) in [7, 11) is 0. The average Bonchev–Trinajstić information content (AvgIpc) is 2.23. The molecule has 83 valence electrons. The van der Waals surface area contributed by atoms with Crippen LogP contribution in [0.2, 0.25) is 0 Å². The molecular weight excluding hydrogens is 182 g/mol. The highest BCUT2D eigenvalue weighted by Gasteiger charge is 2.38. The van der Waals surface area contributed by atoms with Crippen LogP contribution in [-0.4, -0.2) is 12.1 Å². The monoisotopic (exact) mass is 204 g/mol. The highest BCUT2D eigenvalue weighted by atomic mass is 15.0. The summed E-state index contributed by atoms with van der Waals surface area (Å²) < 4.78 is 0. The molecule has 1 rings (SSSR count). The lowest BCUT2D eigenvalue weighted by Gasteiger charge is -2.42. The molecule has 0 amide bonds. The zero-order chi connectivity index (χ0) is 11.1. The van der Waals surface area contributed by atoms with Crippen molar-refractivity contribution in [3.8, 4) is 0 Å². The molecule has 1 nitrogen and oxygen atoms in total. The molecule has 1 fully saturated rings. The molecule has 1 radical (unpaired) electrons. The van der Waals surface area contributed by atoms with Gasteiger partial charge in [-0.3, -0.25) is 0 Å². The minimum absolute atomic E-state index is 0.0654. The lowest BCUT2D eigenvalue weighted by atomic mass is 9.72. The Balaban J connectivity index is 2.81. The van der Waals surface area contributed by atoms with E-state index in [9.17, 15) is 0 Å². The van der Waals surface area contributed by atoms with Crippen molar-refractivity contribution in [2.24, 2.45) is 5.92 Å². The van der Waals surface area contributed by atoms with Gasteiger partial charge in [-0.2, -0.15) is 0 Å². The summed E-state index contributed by atoms with van der Waals surface area (Å²) >= 11 is 0. The van der Waals surface area contributed by atoms with Crippen LogP contribution in [0.15, 0.2) is 38.0 Å². The van der Waals surface area contributed by atoms with Gasteiger partial charge in [0.25, 0.3) is 0 Å². The molecule has 1 aliphatic rings. The zero-order valence-corrected chi connectivity index (χ0v) is 9.62. The molecule has 1 atom stereocenters. The third-order valence-corrected chi connectivity index (χ3v) is 3.34. The summed E-state index contributed by atoms with van der Waals surface area (Å²) in [4.78, 5) is 0. The first kappa shape index (κ1) is 12.3. The fourth-order valence-corrected chi connectivity index (χ4v) is 2.62. The Hall–Kier alpha value is -0.820. The molecule has 0 aromatic carbocycles. The summed E-state index contributed by atoms with van der Waals surface area (Å²) in [5.41, 5.74) is 0.0654. The topological polar surface area (TPSA) is 14.1 Å². The molecule has 0 saturated carbocycles. The van der Waals surface area contributed by atoms with Gasteiger partial charge in [-0.15, -0.1) is 19.7 Å². The van der Waals surface area contributed by atoms with Crippen LogP contribution < -0.4 is 5.32 Å². The third kappa shape index (κ3) is 2.82. The molecule has 0 bridgehead atoms. The lowest BCUT2D eigenvalue weighted by Crippen LogP contribution is -2.49. The second kappa shape index (κ2) is 5.92. The van der Waals surface area contributed by atoms with Gasteiger partial charge in [0.05, 0.1) is 0 Å². The predicted octanol–water partition coefficient (Wildman–Crippen LogP) is 3.47. The van der Waals surface area contributed by atoms with Gasteiger partial charge in [0.1, 0.15) is 0 Å². The van der Waals surface area contributed by atoms with Crippen LogP contribution in [0, 0.1) is 5.92 Å². The van der Waals surface area contributed by atoms with Gasteiger partial charge < -0.3 is 0 Å². The number of hydrogen-bond donors (Lipinski definition) is 0. The maximum atomic E-state index is 4.85. The number of nitrogens with zero attached hydrogens (tertiary/aromatic N) is 1. The lowest BCUT2D eigenvalue weighted by molar-refractivity contribution is 0.156. The number of rotatable bonds is 6. The molecule has 15 heavy (non-hydrogen) atoms. The summed E-state index contributed by atoms with van der Waals surface area (Å²) in [6, 6.07) is 0. The Bertz CT molecular complexity index is 219. The Morgan fingerprint density at radius 1 is 1.13 bits per heavy atom. The summed E-state index contributed by atoms with van der Waals surface area (Å²) in [6.07, 6.45) is 11.5. The third-order valence-electron chi connectivity index (χ3n) is 3.34. The predicted molar refractivity (Wildman–Crippen MR) is 66.9 cm³/mol. The van der Waals surface area contributed by atoms with E-state index < -0.39 is 0 Å². The van der Waals surface area contributed by atoms with Crippen molar-refractivity contribution in [1.82, 2.24) is 5.32 Å². The average molecular weight is 204 g/mol. The summed E-state index contributed by atoms with van der Waals surface area (Å²) in [5.74, 6) is 0.625. The normalized spacial score (nSPS) is 24.4. The molecule has 1 heterocycles. The molecule has 0 aromatic rings. The van der Waals surface area contributed by atoms with Gasteiger partial charge >= 0.3 is 0 Å². The van der Waals surface area contributed by atoms with Crippen molar-refractivity contribution in [3.63, 3.8) is 0 Å². The van der Waals surface area contributed by atoms with Crippen LogP contribution in [0.3, 0.4) is 0 Å². The van der Waals surface area contributed by atoms with E-state index in [2.05, 4.69) is 19.7 Å². The van der Waals surface area contributed by atoms with Gasteiger partial charge in [0.15, 0.2) is 0 Å². The van der Waals surface area contributed by atoms with E-state index >= 15 is 0 Å². The smallest absolute Gasteiger partial charge is 0.0456 e. The van der Waals surface area contributed by atoms with Crippen molar-refractivity contribution in [3.05, 3.63) is 38.0 Å². The van der Waals surface area contributed by atoms with E-state index in [0.717, 1.165) is 25.8 Å². The van der Waals surface area contributed by atoms with Crippen LogP contribution in [0.25, 0.3) is 0 Å². The SMILES string of the molecule is C=CCC1CCC[N]C1(CC=C)CC=C. The standard InChI is InChI=1S/C14H22N/c1-4-8-13-9-7-12-15-14(13,10-5-2)11-6-3/h4-6,13H,1-3,7-12H2. The van der Waals surface area contributed by atoms with Gasteiger partial charge in [0, 0.05) is 12.1 Å². The van der Waals surface area contributed by atoms with Crippen LogP contribution in [0.1, 0.15) is 32.1 Å². The second-order valence-electron chi connectivity index (χ2n) is 4.33. The highest BCUT2D eigenvalue weighted by molar-refractivity contribution is 5.05. The van der Waals surface area contributed by atoms with Crippen molar-refractivity contribution in [1.29, 1.82) is 0 Å². The second-order valence-corrected chi connectivity index (χ2v) is 4.33. The zero-order valence-electron chi connectivity index (χ0n) is 9.62. The summed E-state index contributed by atoms with van der Waals surface area (Å²) in [6.45, 7) is 12.6. The van der Waals surface area contributed by atoms with Crippen LogP contribution in [0.5, 0.6) is 0 Å². The fourth-order valence-electron chi connectivity index (χ4n) is 2.62. The molecule has 1 heteroatoms. The Labute approximate surface area is 94.0 Å². The van der Waals surface area contributed by atoms with E-state index in [0.29, 0.717) is 5.92 Å². The first-order valence-electron chi connectivity index (χ1n) is 5.80. The van der Waals surface area contributed by atoms with E-state index in [1.165, 1.54) is 12.8 Å². The van der Waals surface area contributed by atoms with Gasteiger partial charge in [-0.05, 0) is 38.0 Å². The molecule has 0 aliphatic carbocycles. The molecule has 0 aromatic heterocycles. The Morgan fingerprint density at radius 3 is 2.33 bits per heavy atom. The maximum absolute atomic E-state index is 4.85. The van der Waals surface area contributed by atoms with E-state index in [1.54, 1.807) is 0 Å². The maximum Gasteiger partial charge on any atom is 0.0456 e. The first-order chi connectivity index (χ1) is 7.29. The molecule has 0 spiro atoms. The van der Waals surface area contributed by atoms with Crippen molar-refractivity contribution >= 4 is 0 Å².